The fourth-order valence-corrected chi connectivity index (χ4v) is 4.68. The van der Waals surface area contributed by atoms with Gasteiger partial charge in [-0.2, -0.15) is 0 Å². The molecular formula is C26H30ClN3O4S. The molecule has 1 aliphatic heterocycles. The summed E-state index contributed by atoms with van der Waals surface area (Å²) in [5.41, 5.74) is 2.86. The van der Waals surface area contributed by atoms with Crippen molar-refractivity contribution >= 4 is 40.4 Å². The Balaban J connectivity index is 1.54. The Bertz CT molecular complexity index is 1100. The number of allylic oxidation sites excluding steroid dienone is 5. The summed E-state index contributed by atoms with van der Waals surface area (Å²) in [4.78, 5) is 26.2. The molecule has 186 valence electrons. The van der Waals surface area contributed by atoms with Crippen LogP contribution in [0, 0.1) is 0 Å². The smallest absolute Gasteiger partial charge is 0.273 e. The van der Waals surface area contributed by atoms with Crippen molar-refractivity contribution in [1.29, 1.82) is 0 Å². The van der Waals surface area contributed by atoms with Crippen LogP contribution in [-0.4, -0.2) is 52.3 Å². The zero-order valence-electron chi connectivity index (χ0n) is 19.6. The van der Waals surface area contributed by atoms with Crippen LogP contribution < -0.4 is 10.3 Å². The molecule has 2 atom stereocenters. The number of hydrogen-bond acceptors (Lipinski definition) is 6. The summed E-state index contributed by atoms with van der Waals surface area (Å²) in [7, 11) is 0. The first-order chi connectivity index (χ1) is 16.8. The number of nitrogens with zero attached hydrogens (tertiary/aromatic N) is 2. The lowest BCUT2D eigenvalue weighted by molar-refractivity contribution is -0.152. The van der Waals surface area contributed by atoms with E-state index in [1.54, 1.807) is 23.2 Å². The van der Waals surface area contributed by atoms with Gasteiger partial charge in [-0.1, -0.05) is 54.1 Å². The Kier molecular flexibility index (Phi) is 9.68. The number of thiophene rings is 1. The lowest BCUT2D eigenvalue weighted by atomic mass is 10.1. The second kappa shape index (κ2) is 12.7. The van der Waals surface area contributed by atoms with Crippen molar-refractivity contribution < 1.29 is 19.8 Å². The normalized spacial score (nSPS) is 16.2. The van der Waals surface area contributed by atoms with Crippen LogP contribution in [0.1, 0.15) is 23.8 Å². The number of aliphatic hydroxyl groups is 2. The molecule has 0 spiro atoms. The van der Waals surface area contributed by atoms with Crippen molar-refractivity contribution in [3.63, 3.8) is 0 Å². The van der Waals surface area contributed by atoms with Gasteiger partial charge in [0, 0.05) is 23.0 Å². The molecule has 0 bridgehead atoms. The zero-order valence-corrected chi connectivity index (χ0v) is 21.1. The van der Waals surface area contributed by atoms with E-state index in [0.717, 1.165) is 28.1 Å². The molecule has 0 unspecified atom stereocenters. The summed E-state index contributed by atoms with van der Waals surface area (Å²) >= 11 is 7.72. The molecule has 1 aromatic carbocycles. The number of hydrazine groups is 1. The fourth-order valence-electron chi connectivity index (χ4n) is 3.72. The minimum Gasteiger partial charge on any atom is -0.380 e. The summed E-state index contributed by atoms with van der Waals surface area (Å²) in [6.07, 6.45) is 2.86. The number of carbonyl (C=O) groups is 2. The summed E-state index contributed by atoms with van der Waals surface area (Å²) in [5.74, 6) is -1.52. The third-order valence-electron chi connectivity index (χ3n) is 5.56. The van der Waals surface area contributed by atoms with Gasteiger partial charge in [0.25, 0.3) is 11.8 Å². The molecule has 3 rings (SSSR count). The molecule has 2 aromatic rings. The Morgan fingerprint density at radius 3 is 2.69 bits per heavy atom. The monoisotopic (exact) mass is 515 g/mol. The minimum atomic E-state index is -1.87. The number of benzene rings is 1. The SMILES string of the molecule is C=C/C=C\C(Cl)=C(/C)Cc1csc(CNC(=O)[C@H](O)[C@@H](O)C(=O)N2CCCN2c2ccccc2)c1. The summed E-state index contributed by atoms with van der Waals surface area (Å²) in [6.45, 7) is 6.76. The Morgan fingerprint density at radius 2 is 1.97 bits per heavy atom. The van der Waals surface area contributed by atoms with Gasteiger partial charge in [0.05, 0.1) is 12.2 Å². The predicted octanol–water partition coefficient (Wildman–Crippen LogP) is 3.54. The molecule has 9 heteroatoms. The van der Waals surface area contributed by atoms with Gasteiger partial charge in [0.2, 0.25) is 0 Å². The molecule has 7 nitrogen and oxygen atoms in total. The first-order valence-corrected chi connectivity index (χ1v) is 12.6. The number of hydrogen-bond donors (Lipinski definition) is 3. The van der Waals surface area contributed by atoms with Crippen LogP contribution in [0.25, 0.3) is 0 Å². The molecule has 1 aromatic heterocycles. The van der Waals surface area contributed by atoms with Gasteiger partial charge >= 0.3 is 0 Å². The second-order valence-corrected chi connectivity index (χ2v) is 9.61. The first-order valence-electron chi connectivity index (χ1n) is 11.3. The van der Waals surface area contributed by atoms with E-state index in [4.69, 9.17) is 11.6 Å². The fraction of sp³-hybridized carbons (Fsp3) is 0.308. The molecule has 3 N–H and O–H groups in total. The van der Waals surface area contributed by atoms with Crippen LogP contribution in [0.5, 0.6) is 0 Å². The molecule has 1 fully saturated rings. The van der Waals surface area contributed by atoms with Gasteiger partial charge in [-0.15, -0.1) is 11.3 Å². The number of halogens is 1. The average molecular weight is 516 g/mol. The van der Waals surface area contributed by atoms with Gasteiger partial charge in [-0.3, -0.25) is 19.6 Å². The van der Waals surface area contributed by atoms with E-state index in [1.165, 1.54) is 16.3 Å². The largest absolute Gasteiger partial charge is 0.380 e. The van der Waals surface area contributed by atoms with Crippen molar-refractivity contribution in [2.75, 3.05) is 18.1 Å². The topological polar surface area (TPSA) is 93.1 Å². The highest BCUT2D eigenvalue weighted by atomic mass is 35.5. The number of aliphatic hydroxyl groups excluding tert-OH is 2. The molecule has 0 radical (unpaired) electrons. The van der Waals surface area contributed by atoms with Gasteiger partial charge in [-0.05, 0) is 55.0 Å². The van der Waals surface area contributed by atoms with Crippen LogP contribution in [-0.2, 0) is 22.6 Å². The number of para-hydroxylation sites is 1. The van der Waals surface area contributed by atoms with Crippen LogP contribution in [0.2, 0.25) is 0 Å². The minimum absolute atomic E-state index is 0.175. The van der Waals surface area contributed by atoms with E-state index in [9.17, 15) is 19.8 Å². The predicted molar refractivity (Wildman–Crippen MR) is 140 cm³/mol. The molecular weight excluding hydrogens is 486 g/mol. The molecule has 1 aliphatic rings. The van der Waals surface area contributed by atoms with Gasteiger partial charge in [-0.25, -0.2) is 0 Å². The highest BCUT2D eigenvalue weighted by Crippen LogP contribution is 2.23. The Morgan fingerprint density at radius 1 is 1.23 bits per heavy atom. The van der Waals surface area contributed by atoms with E-state index in [2.05, 4.69) is 11.9 Å². The van der Waals surface area contributed by atoms with Gasteiger partial charge in [0.1, 0.15) is 0 Å². The van der Waals surface area contributed by atoms with Crippen LogP contribution in [0.4, 0.5) is 5.69 Å². The standard InChI is InChI=1S/C26H30ClN3O4S/c1-3-4-11-22(27)18(2)14-19-15-21(35-17-19)16-28-25(33)23(31)24(32)26(34)30-13-8-12-29(30)20-9-6-5-7-10-20/h3-7,9-11,15,17,23-24,31-32H,1,8,12-14,16H2,2H3,(H,28,33)/b11-4-,22-18-/t23-,24-/m1/s1. The summed E-state index contributed by atoms with van der Waals surface area (Å²) in [6, 6.07) is 11.3. The van der Waals surface area contributed by atoms with E-state index >= 15 is 0 Å². The van der Waals surface area contributed by atoms with Gasteiger partial charge < -0.3 is 15.5 Å². The van der Waals surface area contributed by atoms with E-state index < -0.39 is 24.0 Å². The number of amides is 2. The van der Waals surface area contributed by atoms with Crippen LogP contribution >= 0.6 is 22.9 Å². The first kappa shape index (κ1) is 26.7. The third kappa shape index (κ3) is 7.05. The Hall–Kier alpha value is -2.91. The summed E-state index contributed by atoms with van der Waals surface area (Å²) < 4.78 is 0. The maximum Gasteiger partial charge on any atom is 0.273 e. The van der Waals surface area contributed by atoms with E-state index in [0.29, 0.717) is 24.5 Å². The van der Waals surface area contributed by atoms with Crippen LogP contribution in [0.3, 0.4) is 0 Å². The quantitative estimate of drug-likeness (QED) is 0.421. The molecule has 2 amide bonds. The second-order valence-electron chi connectivity index (χ2n) is 8.20. The van der Waals surface area contributed by atoms with Crippen molar-refractivity contribution in [3.05, 3.63) is 87.6 Å². The summed E-state index contributed by atoms with van der Waals surface area (Å²) in [5, 5.41) is 29.2. The van der Waals surface area contributed by atoms with Crippen LogP contribution in [0.15, 0.2) is 77.2 Å². The molecule has 1 saturated heterocycles. The van der Waals surface area contributed by atoms with Crippen molar-refractivity contribution in [2.45, 2.75) is 38.5 Å². The maximum atomic E-state index is 12.8. The number of anilines is 1. The number of nitrogens with one attached hydrogen (secondary N) is 1. The molecule has 35 heavy (non-hydrogen) atoms. The number of rotatable bonds is 10. The van der Waals surface area contributed by atoms with E-state index in [-0.39, 0.29) is 6.54 Å². The lowest BCUT2D eigenvalue weighted by Crippen LogP contribution is -2.53. The molecule has 0 aliphatic carbocycles. The number of carbonyl (C=O) groups excluding carboxylic acids is 2. The third-order valence-corrected chi connectivity index (χ3v) is 7.00. The molecule has 0 saturated carbocycles. The highest BCUT2D eigenvalue weighted by Gasteiger charge is 2.37. The van der Waals surface area contributed by atoms with Crippen molar-refractivity contribution in [2.24, 2.45) is 0 Å². The highest BCUT2D eigenvalue weighted by molar-refractivity contribution is 7.10. The average Bonchev–Trinajstić information content (AvgIpc) is 3.54. The van der Waals surface area contributed by atoms with Crippen molar-refractivity contribution in [3.8, 4) is 0 Å². The lowest BCUT2D eigenvalue weighted by Gasteiger charge is -2.32. The van der Waals surface area contributed by atoms with E-state index in [1.807, 2.05) is 48.7 Å². The Labute approximate surface area is 214 Å². The zero-order chi connectivity index (χ0) is 25.4. The van der Waals surface area contributed by atoms with Crippen molar-refractivity contribution in [1.82, 2.24) is 10.3 Å². The maximum absolute atomic E-state index is 12.8. The molecule has 2 heterocycles. The van der Waals surface area contributed by atoms with Gasteiger partial charge in [0.15, 0.2) is 12.2 Å².